The van der Waals surface area contributed by atoms with Crippen LogP contribution in [0.25, 0.3) is 5.57 Å². The van der Waals surface area contributed by atoms with Gasteiger partial charge in [0.15, 0.2) is 0 Å². The van der Waals surface area contributed by atoms with Crippen molar-refractivity contribution in [3.05, 3.63) is 95.2 Å². The fraction of sp³-hybridized carbons (Fsp3) is 0.217. The Hall–Kier alpha value is -2.63. The maximum absolute atomic E-state index is 11.9. The summed E-state index contributed by atoms with van der Waals surface area (Å²) < 4.78 is 0. The lowest BCUT2D eigenvalue weighted by atomic mass is 9.75. The SMILES string of the molecule is C[C@]1(C=O)C(=C=C(c2ccccc2)c2ccccc2)[C@@H]2C=C[C@H]1C2. The average Bonchev–Trinajstić information content (AvgIpc) is 3.22. The van der Waals surface area contributed by atoms with Crippen LogP contribution in [0.3, 0.4) is 0 Å². The van der Waals surface area contributed by atoms with Crippen LogP contribution in [0, 0.1) is 17.3 Å². The molecule has 3 atom stereocenters. The van der Waals surface area contributed by atoms with Crippen molar-refractivity contribution in [2.24, 2.45) is 17.3 Å². The molecule has 1 fully saturated rings. The lowest BCUT2D eigenvalue weighted by Crippen LogP contribution is -2.25. The summed E-state index contributed by atoms with van der Waals surface area (Å²) in [5.74, 6) is 0.655. The molecule has 0 spiro atoms. The third kappa shape index (κ3) is 2.29. The summed E-state index contributed by atoms with van der Waals surface area (Å²) >= 11 is 0. The van der Waals surface area contributed by atoms with Gasteiger partial charge < -0.3 is 4.79 Å². The molecular formula is C23H20O. The van der Waals surface area contributed by atoms with Crippen molar-refractivity contribution in [2.45, 2.75) is 13.3 Å². The van der Waals surface area contributed by atoms with Crippen molar-refractivity contribution in [1.29, 1.82) is 0 Å². The zero-order valence-corrected chi connectivity index (χ0v) is 13.8. The van der Waals surface area contributed by atoms with E-state index in [1.54, 1.807) is 0 Å². The van der Waals surface area contributed by atoms with Gasteiger partial charge in [-0.2, -0.15) is 0 Å². The summed E-state index contributed by atoms with van der Waals surface area (Å²) in [7, 11) is 0. The van der Waals surface area contributed by atoms with Crippen LogP contribution in [-0.2, 0) is 4.79 Å². The fourth-order valence-corrected chi connectivity index (χ4v) is 3.99. The highest BCUT2D eigenvalue weighted by Gasteiger charge is 2.49. The maximum Gasteiger partial charge on any atom is 0.131 e. The van der Waals surface area contributed by atoms with Crippen molar-refractivity contribution in [1.82, 2.24) is 0 Å². The minimum Gasteiger partial charge on any atom is -0.302 e. The molecule has 4 rings (SSSR count). The Kier molecular flexibility index (Phi) is 3.59. The zero-order chi connectivity index (χ0) is 16.6. The summed E-state index contributed by atoms with van der Waals surface area (Å²) in [4.78, 5) is 11.9. The normalized spacial score (nSPS) is 27.1. The molecule has 118 valence electrons. The molecule has 0 heterocycles. The first-order valence-electron chi connectivity index (χ1n) is 8.49. The molecule has 2 bridgehead atoms. The molecule has 2 aromatic carbocycles. The van der Waals surface area contributed by atoms with Crippen LogP contribution in [0.2, 0.25) is 0 Å². The number of allylic oxidation sites excluding steroid dienone is 3. The number of hydrogen-bond donors (Lipinski definition) is 0. The Bertz CT molecular complexity index is 812. The van der Waals surface area contributed by atoms with Gasteiger partial charge in [-0.15, -0.1) is 5.73 Å². The van der Waals surface area contributed by atoms with E-state index in [4.69, 9.17) is 0 Å². The number of fused-ring (bicyclic) bond motifs is 2. The molecule has 0 amide bonds. The Morgan fingerprint density at radius 2 is 1.58 bits per heavy atom. The maximum atomic E-state index is 11.9. The second kappa shape index (κ2) is 5.78. The van der Waals surface area contributed by atoms with Crippen LogP contribution in [0.4, 0.5) is 0 Å². The highest BCUT2D eigenvalue weighted by atomic mass is 16.1. The molecular weight excluding hydrogens is 292 g/mol. The second-order valence-corrected chi connectivity index (χ2v) is 6.88. The molecule has 0 aromatic heterocycles. The molecule has 0 aliphatic heterocycles. The molecule has 0 radical (unpaired) electrons. The summed E-state index contributed by atoms with van der Waals surface area (Å²) in [6.45, 7) is 2.06. The van der Waals surface area contributed by atoms with E-state index in [0.717, 1.165) is 35.0 Å². The van der Waals surface area contributed by atoms with Gasteiger partial charge in [0.1, 0.15) is 6.29 Å². The van der Waals surface area contributed by atoms with Crippen molar-refractivity contribution >= 4 is 11.9 Å². The van der Waals surface area contributed by atoms with Gasteiger partial charge in [0.25, 0.3) is 0 Å². The van der Waals surface area contributed by atoms with Crippen molar-refractivity contribution in [3.8, 4) is 0 Å². The minimum atomic E-state index is -0.422. The molecule has 0 N–H and O–H groups in total. The predicted octanol–water partition coefficient (Wildman–Crippen LogP) is 5.05. The highest BCUT2D eigenvalue weighted by molar-refractivity contribution is 5.81. The largest absolute Gasteiger partial charge is 0.302 e. The van der Waals surface area contributed by atoms with Gasteiger partial charge in [0.05, 0.1) is 5.41 Å². The monoisotopic (exact) mass is 312 g/mol. The van der Waals surface area contributed by atoms with Crippen LogP contribution in [0.1, 0.15) is 24.5 Å². The van der Waals surface area contributed by atoms with Gasteiger partial charge in [-0.3, -0.25) is 0 Å². The lowest BCUT2D eigenvalue weighted by Gasteiger charge is -2.26. The summed E-state index contributed by atoms with van der Waals surface area (Å²) in [5, 5.41) is 0. The summed E-state index contributed by atoms with van der Waals surface area (Å²) in [6.07, 6.45) is 6.60. The molecule has 1 saturated carbocycles. The summed E-state index contributed by atoms with van der Waals surface area (Å²) in [6, 6.07) is 20.7. The molecule has 2 aromatic rings. The van der Waals surface area contributed by atoms with E-state index in [-0.39, 0.29) is 0 Å². The van der Waals surface area contributed by atoms with Crippen LogP contribution in [0.5, 0.6) is 0 Å². The Morgan fingerprint density at radius 1 is 1.00 bits per heavy atom. The number of carbonyl (C=O) groups is 1. The first-order valence-corrected chi connectivity index (χ1v) is 8.49. The number of benzene rings is 2. The molecule has 24 heavy (non-hydrogen) atoms. The number of hydrogen-bond acceptors (Lipinski definition) is 1. The van der Waals surface area contributed by atoms with E-state index in [1.165, 1.54) is 0 Å². The van der Waals surface area contributed by atoms with Gasteiger partial charge in [0, 0.05) is 11.5 Å². The van der Waals surface area contributed by atoms with Gasteiger partial charge in [-0.1, -0.05) is 72.8 Å². The average molecular weight is 312 g/mol. The van der Waals surface area contributed by atoms with Crippen LogP contribution in [0.15, 0.2) is 84.1 Å². The van der Waals surface area contributed by atoms with Crippen LogP contribution >= 0.6 is 0 Å². The van der Waals surface area contributed by atoms with E-state index >= 15 is 0 Å². The van der Waals surface area contributed by atoms with Gasteiger partial charge in [0.2, 0.25) is 0 Å². The van der Waals surface area contributed by atoms with E-state index in [1.807, 2.05) is 36.4 Å². The van der Waals surface area contributed by atoms with Gasteiger partial charge >= 0.3 is 0 Å². The number of rotatable bonds is 3. The minimum absolute atomic E-state index is 0.315. The molecule has 0 unspecified atom stereocenters. The second-order valence-electron chi connectivity index (χ2n) is 6.88. The predicted molar refractivity (Wildman–Crippen MR) is 97.3 cm³/mol. The Morgan fingerprint density at radius 3 is 2.12 bits per heavy atom. The first kappa shape index (κ1) is 14.9. The van der Waals surface area contributed by atoms with Gasteiger partial charge in [-0.25, -0.2) is 0 Å². The van der Waals surface area contributed by atoms with E-state index in [0.29, 0.717) is 11.8 Å². The third-order valence-electron chi connectivity index (χ3n) is 5.43. The van der Waals surface area contributed by atoms with E-state index < -0.39 is 5.41 Å². The smallest absolute Gasteiger partial charge is 0.131 e. The van der Waals surface area contributed by atoms with Crippen molar-refractivity contribution in [2.75, 3.05) is 0 Å². The third-order valence-corrected chi connectivity index (χ3v) is 5.43. The Balaban J connectivity index is 1.99. The summed E-state index contributed by atoms with van der Waals surface area (Å²) in [5.41, 5.74) is 7.72. The van der Waals surface area contributed by atoms with E-state index in [9.17, 15) is 4.79 Å². The van der Waals surface area contributed by atoms with E-state index in [2.05, 4.69) is 49.1 Å². The zero-order valence-electron chi connectivity index (χ0n) is 13.8. The fourth-order valence-electron chi connectivity index (χ4n) is 3.99. The number of aldehydes is 1. The quantitative estimate of drug-likeness (QED) is 0.440. The Labute approximate surface area is 143 Å². The molecule has 1 nitrogen and oxygen atoms in total. The van der Waals surface area contributed by atoms with Gasteiger partial charge in [-0.05, 0) is 36.0 Å². The van der Waals surface area contributed by atoms with Crippen molar-refractivity contribution in [3.63, 3.8) is 0 Å². The number of carbonyl (C=O) groups excluding carboxylic acids is 1. The van der Waals surface area contributed by atoms with Crippen LogP contribution < -0.4 is 0 Å². The van der Waals surface area contributed by atoms with Crippen LogP contribution in [-0.4, -0.2) is 6.29 Å². The standard InChI is InChI=1S/C23H20O/c1-23(16-24)20-13-12-19(14-20)22(23)15-21(17-8-4-2-5-9-17)18-10-6-3-7-11-18/h2-13,16,19-20H,14H2,1H3/t19-,20+,23-/m1/s1. The first-order chi connectivity index (χ1) is 11.7. The highest BCUT2D eigenvalue weighted by Crippen LogP contribution is 2.54. The molecule has 2 aliphatic carbocycles. The molecule has 0 saturated heterocycles. The molecule has 1 heteroatoms. The molecule has 2 aliphatic rings. The topological polar surface area (TPSA) is 17.1 Å². The lowest BCUT2D eigenvalue weighted by molar-refractivity contribution is -0.114. The van der Waals surface area contributed by atoms with Crippen molar-refractivity contribution < 1.29 is 4.79 Å².